The van der Waals surface area contributed by atoms with Gasteiger partial charge in [0.05, 0.1) is 24.0 Å². The molecule has 9 atom stereocenters. The first-order valence-electron chi connectivity index (χ1n) is 17.0. The lowest BCUT2D eigenvalue weighted by Crippen LogP contribution is -2.50. The minimum absolute atomic E-state index is 0.0912. The quantitative estimate of drug-likeness (QED) is 0.174. The highest BCUT2D eigenvalue weighted by atomic mass is 16.6. The third-order valence-electron chi connectivity index (χ3n) is 12.8. The maximum atomic E-state index is 13.2. The van der Waals surface area contributed by atoms with Crippen LogP contribution in [0.15, 0.2) is 11.1 Å². The molecule has 4 unspecified atom stereocenters. The molecule has 250 valence electrons. The van der Waals surface area contributed by atoms with Crippen LogP contribution in [0, 0.1) is 39.4 Å². The number of carbonyl (C=O) groups excluding carboxylic acids is 2. The molecule has 0 aliphatic heterocycles. The Hall–Kier alpha value is -1.93. The maximum absolute atomic E-state index is 13.2. The van der Waals surface area contributed by atoms with Crippen molar-refractivity contribution in [3.05, 3.63) is 11.1 Å². The second-order valence-corrected chi connectivity index (χ2v) is 16.5. The van der Waals surface area contributed by atoms with Gasteiger partial charge in [0.15, 0.2) is 0 Å². The van der Waals surface area contributed by atoms with Gasteiger partial charge in [0.2, 0.25) is 0 Å². The van der Waals surface area contributed by atoms with Gasteiger partial charge in [-0.25, -0.2) is 0 Å². The molecule has 4 rings (SSSR count). The van der Waals surface area contributed by atoms with E-state index in [1.54, 1.807) is 31.9 Å². The lowest BCUT2D eigenvalue weighted by Gasteiger charge is -2.57. The first kappa shape index (κ1) is 34.9. The molecule has 0 bridgehead atoms. The highest BCUT2D eigenvalue weighted by Crippen LogP contribution is 2.67. The lowest BCUT2D eigenvalue weighted by molar-refractivity contribution is -0.176. The fraction of sp³-hybridized carbons (Fsp3) is 0.861. The molecule has 8 nitrogen and oxygen atoms in total. The van der Waals surface area contributed by atoms with Gasteiger partial charge in [-0.1, -0.05) is 38.8 Å². The number of aliphatic hydroxyl groups is 2. The molecule has 0 spiro atoms. The first-order valence-corrected chi connectivity index (χ1v) is 17.0. The third-order valence-corrected chi connectivity index (χ3v) is 12.8. The van der Waals surface area contributed by atoms with Crippen LogP contribution in [-0.4, -0.2) is 57.6 Å². The number of esters is 2. The SMILES string of the molecule is CC(=O)O[C@H](C)C(C)(C)C(=O)OC1CC[C@@]2(C)C(CCC3=C4CC[C@H](C(C)(C)C[C@@H](O)CC(O)CC(=O)O)[C@@]4(C)CCC32)C1. The largest absolute Gasteiger partial charge is 0.481 e. The van der Waals surface area contributed by atoms with Crippen LogP contribution in [0.25, 0.3) is 0 Å². The highest BCUT2D eigenvalue weighted by Gasteiger charge is 2.57. The Kier molecular flexibility index (Phi) is 10.1. The standard InChI is InChI=1S/C36H58O8/c1-21(43-22(2)37)34(5,6)32(42)44-26-13-15-35(7)23(17-26)9-10-27-28-11-12-30(36(28,8)16-14-29(27)35)33(3,4)20-25(39)18-24(38)19-31(40)41/h21,23-26,29-30,38-39H,9-20H2,1-8H3,(H,40,41)/t21-,23?,24?,25+,26?,29?,30-,35+,36+/m1/s1. The van der Waals surface area contributed by atoms with Gasteiger partial charge in [0.1, 0.15) is 12.2 Å². The van der Waals surface area contributed by atoms with Gasteiger partial charge in [-0.2, -0.15) is 0 Å². The van der Waals surface area contributed by atoms with Crippen LogP contribution in [-0.2, 0) is 23.9 Å². The van der Waals surface area contributed by atoms with E-state index in [2.05, 4.69) is 27.7 Å². The van der Waals surface area contributed by atoms with Crippen molar-refractivity contribution in [2.45, 2.75) is 157 Å². The molecule has 44 heavy (non-hydrogen) atoms. The molecule has 8 heteroatoms. The summed E-state index contributed by atoms with van der Waals surface area (Å²) in [5.74, 6) is -0.267. The van der Waals surface area contributed by atoms with Crippen LogP contribution in [0.2, 0.25) is 0 Å². The predicted molar refractivity (Wildman–Crippen MR) is 167 cm³/mol. The predicted octanol–water partition coefficient (Wildman–Crippen LogP) is 6.60. The van der Waals surface area contributed by atoms with Crippen molar-refractivity contribution in [1.82, 2.24) is 0 Å². The zero-order valence-electron chi connectivity index (χ0n) is 28.4. The molecule has 0 radical (unpaired) electrons. The number of carboxylic acid groups (broad SMARTS) is 1. The summed E-state index contributed by atoms with van der Waals surface area (Å²) in [7, 11) is 0. The summed E-state index contributed by atoms with van der Waals surface area (Å²) in [5.41, 5.74) is 2.56. The Balaban J connectivity index is 1.44. The van der Waals surface area contributed by atoms with Gasteiger partial charge in [-0.15, -0.1) is 0 Å². The molecule has 3 saturated carbocycles. The van der Waals surface area contributed by atoms with Gasteiger partial charge in [0.25, 0.3) is 0 Å². The molecule has 4 aliphatic carbocycles. The van der Waals surface area contributed by atoms with Crippen molar-refractivity contribution in [3.63, 3.8) is 0 Å². The van der Waals surface area contributed by atoms with E-state index in [1.165, 1.54) is 6.92 Å². The molecule has 0 saturated heterocycles. The van der Waals surface area contributed by atoms with Crippen molar-refractivity contribution in [3.8, 4) is 0 Å². The number of hydrogen-bond acceptors (Lipinski definition) is 7. The van der Waals surface area contributed by atoms with Crippen LogP contribution in [0.5, 0.6) is 0 Å². The molecule has 0 aromatic rings. The number of carboxylic acids is 1. The number of allylic oxidation sites excluding steroid dienone is 2. The van der Waals surface area contributed by atoms with Crippen LogP contribution >= 0.6 is 0 Å². The van der Waals surface area contributed by atoms with Gasteiger partial charge in [-0.05, 0) is 125 Å². The summed E-state index contributed by atoms with van der Waals surface area (Å²) in [6.07, 6.45) is 7.34. The second-order valence-electron chi connectivity index (χ2n) is 16.5. The maximum Gasteiger partial charge on any atom is 0.315 e. The minimum Gasteiger partial charge on any atom is -0.481 e. The Morgan fingerprint density at radius 3 is 2.30 bits per heavy atom. The smallest absolute Gasteiger partial charge is 0.315 e. The fourth-order valence-electron chi connectivity index (χ4n) is 10.1. The van der Waals surface area contributed by atoms with Crippen LogP contribution < -0.4 is 0 Å². The van der Waals surface area contributed by atoms with Crippen LogP contribution in [0.4, 0.5) is 0 Å². The van der Waals surface area contributed by atoms with Crippen molar-refractivity contribution in [1.29, 1.82) is 0 Å². The van der Waals surface area contributed by atoms with Crippen molar-refractivity contribution >= 4 is 17.9 Å². The molecular weight excluding hydrogens is 560 g/mol. The Morgan fingerprint density at radius 2 is 1.66 bits per heavy atom. The van der Waals surface area contributed by atoms with Gasteiger partial charge in [0, 0.05) is 6.92 Å². The van der Waals surface area contributed by atoms with Crippen LogP contribution in [0.3, 0.4) is 0 Å². The highest BCUT2D eigenvalue weighted by molar-refractivity contribution is 5.77. The number of aliphatic carboxylic acids is 1. The number of carbonyl (C=O) groups is 3. The Bertz CT molecular complexity index is 1140. The molecule has 4 aliphatic rings. The monoisotopic (exact) mass is 618 g/mol. The van der Waals surface area contributed by atoms with E-state index in [9.17, 15) is 24.6 Å². The summed E-state index contributed by atoms with van der Waals surface area (Å²) in [6.45, 7) is 16.1. The van der Waals surface area contributed by atoms with E-state index in [1.807, 2.05) is 0 Å². The molecule has 0 amide bonds. The van der Waals surface area contributed by atoms with Crippen molar-refractivity contribution < 1.29 is 39.2 Å². The van der Waals surface area contributed by atoms with Gasteiger partial charge in [-0.3, -0.25) is 14.4 Å². The number of aliphatic hydroxyl groups excluding tert-OH is 2. The van der Waals surface area contributed by atoms with Crippen LogP contribution in [0.1, 0.15) is 132 Å². The summed E-state index contributed by atoms with van der Waals surface area (Å²) < 4.78 is 11.4. The number of hydrogen-bond donors (Lipinski definition) is 3. The van der Waals surface area contributed by atoms with E-state index in [4.69, 9.17) is 14.6 Å². The molecule has 3 N–H and O–H groups in total. The molecular formula is C36H58O8. The van der Waals surface area contributed by atoms with E-state index in [0.717, 1.165) is 57.8 Å². The Morgan fingerprint density at radius 1 is 0.977 bits per heavy atom. The first-order chi connectivity index (χ1) is 20.3. The summed E-state index contributed by atoms with van der Waals surface area (Å²) in [4.78, 5) is 35.6. The topological polar surface area (TPSA) is 130 Å². The average molecular weight is 619 g/mol. The number of ether oxygens (including phenoxy) is 2. The summed E-state index contributed by atoms with van der Waals surface area (Å²) >= 11 is 0. The van der Waals surface area contributed by atoms with Crippen molar-refractivity contribution in [2.24, 2.45) is 39.4 Å². The van der Waals surface area contributed by atoms with Gasteiger partial charge >= 0.3 is 17.9 Å². The second kappa shape index (κ2) is 12.7. The van der Waals surface area contributed by atoms with E-state index < -0.39 is 35.7 Å². The normalized spacial score (nSPS) is 34.2. The lowest BCUT2D eigenvalue weighted by atomic mass is 9.48. The van der Waals surface area contributed by atoms with E-state index in [-0.39, 0.29) is 41.2 Å². The van der Waals surface area contributed by atoms with Crippen molar-refractivity contribution in [2.75, 3.05) is 0 Å². The van der Waals surface area contributed by atoms with E-state index in [0.29, 0.717) is 24.2 Å². The Labute approximate surface area is 264 Å². The molecule has 0 heterocycles. The summed E-state index contributed by atoms with van der Waals surface area (Å²) in [6, 6.07) is 0. The van der Waals surface area contributed by atoms with Gasteiger partial charge < -0.3 is 24.8 Å². The number of rotatable bonds is 11. The molecule has 3 fully saturated rings. The molecule has 0 aromatic heterocycles. The average Bonchev–Trinajstić information content (AvgIpc) is 3.25. The minimum atomic E-state index is -1.05. The zero-order chi connectivity index (χ0) is 32.8. The van der Waals surface area contributed by atoms with E-state index >= 15 is 0 Å². The summed E-state index contributed by atoms with van der Waals surface area (Å²) in [5, 5.41) is 29.9. The third kappa shape index (κ3) is 6.77. The fourth-order valence-corrected chi connectivity index (χ4v) is 10.1. The number of fused-ring (bicyclic) bond motifs is 4. The molecule has 0 aromatic carbocycles. The zero-order valence-corrected chi connectivity index (χ0v) is 28.4.